The Kier molecular flexibility index (Phi) is 7.44. The molecule has 0 bridgehead atoms. The molecule has 8 heteroatoms. The van der Waals surface area contributed by atoms with Crippen molar-refractivity contribution in [3.8, 4) is 0 Å². The monoisotopic (exact) mass is 371 g/mol. The number of piperidine rings is 1. The summed E-state index contributed by atoms with van der Waals surface area (Å²) in [4.78, 5) is 18.8. The molecule has 1 N–H and O–H groups in total. The van der Waals surface area contributed by atoms with Gasteiger partial charge in [0.2, 0.25) is 0 Å². The number of carbonyl (C=O) groups excluding carboxylic acids is 1. The van der Waals surface area contributed by atoms with Gasteiger partial charge in [0.25, 0.3) is 11.9 Å². The maximum Gasteiger partial charge on any atom is 0.416 e. The molecule has 1 aliphatic heterocycles. The van der Waals surface area contributed by atoms with Crippen molar-refractivity contribution < 1.29 is 22.7 Å². The van der Waals surface area contributed by atoms with Gasteiger partial charge in [-0.25, -0.2) is 4.99 Å². The number of aliphatic imine (C=N–C) groups is 1. The summed E-state index contributed by atoms with van der Waals surface area (Å²) in [5.41, 5.74) is -0.685. The predicted molar refractivity (Wildman–Crippen MR) is 93.1 cm³/mol. The number of hydrogen-bond acceptors (Lipinski definition) is 4. The smallest absolute Gasteiger partial charge is 0.416 e. The number of likely N-dealkylation sites (tertiary alicyclic amines) is 1. The van der Waals surface area contributed by atoms with Gasteiger partial charge in [0, 0.05) is 12.1 Å². The zero-order chi connectivity index (χ0) is 19.0. The lowest BCUT2D eigenvalue weighted by Crippen LogP contribution is -2.35. The lowest BCUT2D eigenvalue weighted by atomic mass is 10.1. The Balaban J connectivity index is 1.92. The van der Waals surface area contributed by atoms with Crippen molar-refractivity contribution in [2.45, 2.75) is 32.4 Å². The number of halogens is 3. The predicted octanol–water partition coefficient (Wildman–Crippen LogP) is 3.31. The summed E-state index contributed by atoms with van der Waals surface area (Å²) in [5, 5.41) is 2.52. The molecule has 5 nitrogen and oxygen atoms in total. The van der Waals surface area contributed by atoms with E-state index in [-0.39, 0.29) is 11.6 Å². The largest absolute Gasteiger partial charge is 0.465 e. The maximum atomic E-state index is 12.6. The first-order valence-electron chi connectivity index (χ1n) is 8.78. The molecule has 0 saturated carbocycles. The Morgan fingerprint density at radius 2 is 1.85 bits per heavy atom. The molecule has 0 aliphatic carbocycles. The molecule has 0 atom stereocenters. The number of amides is 1. The zero-order valence-corrected chi connectivity index (χ0v) is 14.8. The molecule has 2 rings (SSSR count). The second kappa shape index (κ2) is 9.56. The van der Waals surface area contributed by atoms with Crippen LogP contribution in [-0.2, 0) is 10.9 Å². The maximum absolute atomic E-state index is 12.6. The van der Waals surface area contributed by atoms with Crippen molar-refractivity contribution >= 4 is 11.9 Å². The van der Waals surface area contributed by atoms with Crippen LogP contribution in [0.5, 0.6) is 0 Å². The van der Waals surface area contributed by atoms with E-state index in [1.807, 2.05) is 0 Å². The molecular formula is C18H24F3N3O2. The second-order valence-corrected chi connectivity index (χ2v) is 6.05. The number of nitrogens with one attached hydrogen (secondary N) is 1. The fourth-order valence-electron chi connectivity index (χ4n) is 2.71. The van der Waals surface area contributed by atoms with E-state index in [1.165, 1.54) is 19.3 Å². The van der Waals surface area contributed by atoms with Crippen molar-refractivity contribution in [2.24, 2.45) is 4.99 Å². The third-order valence-electron chi connectivity index (χ3n) is 4.10. The minimum absolute atomic E-state index is 0.0920. The van der Waals surface area contributed by atoms with E-state index in [1.54, 1.807) is 6.92 Å². The number of ether oxygens (including phenoxy) is 1. The Morgan fingerprint density at radius 1 is 1.19 bits per heavy atom. The molecule has 1 aromatic carbocycles. The van der Waals surface area contributed by atoms with Crippen LogP contribution < -0.4 is 5.32 Å². The van der Waals surface area contributed by atoms with Gasteiger partial charge in [0.05, 0.1) is 18.7 Å². The Morgan fingerprint density at radius 3 is 2.42 bits per heavy atom. The average Bonchev–Trinajstić information content (AvgIpc) is 2.62. The minimum atomic E-state index is -4.43. The first kappa shape index (κ1) is 20.2. The first-order valence-corrected chi connectivity index (χ1v) is 8.78. The Bertz CT molecular complexity index is 609. The van der Waals surface area contributed by atoms with E-state index in [2.05, 4.69) is 15.2 Å². The molecule has 1 aliphatic rings. The Labute approximate surface area is 151 Å². The number of nitrogens with zero attached hydrogens (tertiary/aromatic N) is 2. The summed E-state index contributed by atoms with van der Waals surface area (Å²) in [5.74, 6) is -0.552. The number of alkyl halides is 3. The summed E-state index contributed by atoms with van der Waals surface area (Å²) in [6.45, 7) is 5.48. The van der Waals surface area contributed by atoms with Gasteiger partial charge < -0.3 is 9.64 Å². The molecule has 144 valence electrons. The highest BCUT2D eigenvalue weighted by Crippen LogP contribution is 2.29. The van der Waals surface area contributed by atoms with Crippen molar-refractivity contribution in [3.05, 3.63) is 35.4 Å². The fraction of sp³-hybridized carbons (Fsp3) is 0.556. The number of amidine groups is 1. The highest BCUT2D eigenvalue weighted by atomic mass is 19.4. The molecule has 1 fully saturated rings. The summed E-state index contributed by atoms with van der Waals surface area (Å²) in [6.07, 6.45) is -0.798. The zero-order valence-electron chi connectivity index (χ0n) is 14.8. The highest BCUT2D eigenvalue weighted by Gasteiger charge is 2.30. The molecule has 1 heterocycles. The lowest BCUT2D eigenvalue weighted by molar-refractivity contribution is -0.137. The van der Waals surface area contributed by atoms with Crippen molar-refractivity contribution in [2.75, 3.05) is 32.8 Å². The van der Waals surface area contributed by atoms with E-state index in [4.69, 9.17) is 4.74 Å². The van der Waals surface area contributed by atoms with Crippen LogP contribution in [0.25, 0.3) is 0 Å². The molecule has 1 saturated heterocycles. The Hall–Kier alpha value is -2.09. The van der Waals surface area contributed by atoms with Crippen LogP contribution in [0.15, 0.2) is 29.3 Å². The second-order valence-electron chi connectivity index (χ2n) is 6.05. The third kappa shape index (κ3) is 6.33. The van der Waals surface area contributed by atoms with Crippen molar-refractivity contribution in [1.29, 1.82) is 0 Å². The molecule has 0 radical (unpaired) electrons. The van der Waals surface area contributed by atoms with Crippen molar-refractivity contribution in [1.82, 2.24) is 10.2 Å². The van der Waals surface area contributed by atoms with E-state index in [9.17, 15) is 18.0 Å². The SMILES string of the molecule is CCOC(=NCCN1CCCCC1)NC(=O)c1ccc(C(F)(F)F)cc1. The van der Waals surface area contributed by atoms with Gasteiger partial charge in [-0.1, -0.05) is 6.42 Å². The van der Waals surface area contributed by atoms with E-state index in [0.717, 1.165) is 43.9 Å². The van der Waals surface area contributed by atoms with Crippen LogP contribution in [0.1, 0.15) is 42.1 Å². The van der Waals surface area contributed by atoms with Gasteiger partial charge in [-0.05, 0) is 57.1 Å². The van der Waals surface area contributed by atoms with Crippen molar-refractivity contribution in [3.63, 3.8) is 0 Å². The minimum Gasteiger partial charge on any atom is -0.465 e. The molecule has 26 heavy (non-hydrogen) atoms. The third-order valence-corrected chi connectivity index (χ3v) is 4.10. The number of benzene rings is 1. The van der Waals surface area contributed by atoms with Gasteiger partial charge in [0.15, 0.2) is 0 Å². The summed E-state index contributed by atoms with van der Waals surface area (Å²) in [6, 6.07) is 4.12. The molecular weight excluding hydrogens is 347 g/mol. The van der Waals surface area contributed by atoms with Gasteiger partial charge in [-0.2, -0.15) is 13.2 Å². The topological polar surface area (TPSA) is 53.9 Å². The van der Waals surface area contributed by atoms with Crippen LogP contribution in [-0.4, -0.2) is 49.6 Å². The van der Waals surface area contributed by atoms with E-state index >= 15 is 0 Å². The molecule has 1 aromatic rings. The van der Waals surface area contributed by atoms with Crippen LogP contribution >= 0.6 is 0 Å². The van der Waals surface area contributed by atoms with E-state index < -0.39 is 17.6 Å². The summed E-state index contributed by atoms with van der Waals surface area (Å²) in [7, 11) is 0. The van der Waals surface area contributed by atoms with Gasteiger partial charge >= 0.3 is 6.18 Å². The van der Waals surface area contributed by atoms with Gasteiger partial charge in [0.1, 0.15) is 0 Å². The normalized spacial score (nSPS) is 16.4. The molecule has 1 amide bonds. The summed E-state index contributed by atoms with van der Waals surface area (Å²) < 4.78 is 43.1. The lowest BCUT2D eigenvalue weighted by Gasteiger charge is -2.25. The van der Waals surface area contributed by atoms with Crippen LogP contribution in [0.4, 0.5) is 13.2 Å². The quantitative estimate of drug-likeness (QED) is 0.638. The standard InChI is InChI=1S/C18H24F3N3O2/c1-2-26-17(22-10-13-24-11-4-3-5-12-24)23-16(25)14-6-8-15(9-7-14)18(19,20)21/h6-9H,2-5,10-13H2,1H3,(H,22,23,25). The number of rotatable bonds is 5. The van der Waals surface area contributed by atoms with Gasteiger partial charge in [-0.3, -0.25) is 10.1 Å². The first-order chi connectivity index (χ1) is 12.4. The molecule has 0 aromatic heterocycles. The van der Waals surface area contributed by atoms with Gasteiger partial charge in [-0.15, -0.1) is 0 Å². The van der Waals surface area contributed by atoms with Crippen LogP contribution in [0.3, 0.4) is 0 Å². The summed E-state index contributed by atoms with van der Waals surface area (Å²) >= 11 is 0. The fourth-order valence-corrected chi connectivity index (χ4v) is 2.71. The highest BCUT2D eigenvalue weighted by molar-refractivity contribution is 6.04. The molecule has 0 unspecified atom stereocenters. The molecule has 0 spiro atoms. The van der Waals surface area contributed by atoms with E-state index in [0.29, 0.717) is 13.2 Å². The van der Waals surface area contributed by atoms with Crippen LogP contribution in [0.2, 0.25) is 0 Å². The van der Waals surface area contributed by atoms with Crippen LogP contribution in [0, 0.1) is 0 Å². The average molecular weight is 371 g/mol. The number of hydrogen-bond donors (Lipinski definition) is 1. The number of carbonyl (C=O) groups is 1.